The molecule has 0 saturated carbocycles. The first-order valence-electron chi connectivity index (χ1n) is 8.89. The molecule has 1 aliphatic heterocycles. The lowest BCUT2D eigenvalue weighted by molar-refractivity contribution is -0.122. The van der Waals surface area contributed by atoms with Gasteiger partial charge in [0.15, 0.2) is 0 Å². The van der Waals surface area contributed by atoms with E-state index in [2.05, 4.69) is 10.2 Å². The van der Waals surface area contributed by atoms with Gasteiger partial charge in [-0.2, -0.15) is 0 Å². The van der Waals surface area contributed by atoms with E-state index in [9.17, 15) is 9.18 Å². The predicted octanol–water partition coefficient (Wildman–Crippen LogP) is 2.14. The van der Waals surface area contributed by atoms with E-state index in [0.29, 0.717) is 38.5 Å². The van der Waals surface area contributed by atoms with Crippen LogP contribution in [0.1, 0.15) is 0 Å². The largest absolute Gasteiger partial charge is 0.492 e. The summed E-state index contributed by atoms with van der Waals surface area (Å²) in [6.07, 6.45) is 0. The van der Waals surface area contributed by atoms with Gasteiger partial charge < -0.3 is 15.0 Å². The third kappa shape index (κ3) is 5.20. The zero-order chi connectivity index (χ0) is 18.2. The summed E-state index contributed by atoms with van der Waals surface area (Å²) in [6, 6.07) is 16.3. The summed E-state index contributed by atoms with van der Waals surface area (Å²) in [7, 11) is 0. The van der Waals surface area contributed by atoms with Gasteiger partial charge in [-0.1, -0.05) is 30.3 Å². The van der Waals surface area contributed by atoms with Gasteiger partial charge in [0.1, 0.15) is 18.2 Å². The lowest BCUT2D eigenvalue weighted by atomic mass is 10.2. The quantitative estimate of drug-likeness (QED) is 0.771. The monoisotopic (exact) mass is 357 g/mol. The number of halogens is 1. The summed E-state index contributed by atoms with van der Waals surface area (Å²) in [5, 5.41) is 2.87. The van der Waals surface area contributed by atoms with Crippen LogP contribution in [0.4, 0.5) is 10.1 Å². The fourth-order valence-electron chi connectivity index (χ4n) is 2.99. The van der Waals surface area contributed by atoms with Crippen LogP contribution in [0.3, 0.4) is 0 Å². The normalized spacial score (nSPS) is 14.9. The van der Waals surface area contributed by atoms with Crippen LogP contribution in [-0.4, -0.2) is 56.7 Å². The molecule has 6 heteroatoms. The van der Waals surface area contributed by atoms with Crippen molar-refractivity contribution in [3.8, 4) is 5.75 Å². The first-order chi connectivity index (χ1) is 12.7. The van der Waals surface area contributed by atoms with E-state index in [1.54, 1.807) is 12.1 Å². The average Bonchev–Trinajstić information content (AvgIpc) is 2.67. The molecule has 0 aromatic heterocycles. The molecule has 0 aliphatic carbocycles. The second-order valence-corrected chi connectivity index (χ2v) is 6.23. The smallest absolute Gasteiger partial charge is 0.234 e. The van der Waals surface area contributed by atoms with Gasteiger partial charge in [-0.05, 0) is 24.3 Å². The van der Waals surface area contributed by atoms with Crippen molar-refractivity contribution in [2.75, 3.05) is 50.8 Å². The Bertz CT molecular complexity index is 703. The topological polar surface area (TPSA) is 44.8 Å². The first kappa shape index (κ1) is 18.2. The Kier molecular flexibility index (Phi) is 6.44. The van der Waals surface area contributed by atoms with Crippen LogP contribution in [0.15, 0.2) is 54.6 Å². The van der Waals surface area contributed by atoms with E-state index in [-0.39, 0.29) is 11.7 Å². The number of hydrogen-bond acceptors (Lipinski definition) is 4. The highest BCUT2D eigenvalue weighted by Gasteiger charge is 2.20. The minimum absolute atomic E-state index is 0.0130. The molecule has 1 fully saturated rings. The van der Waals surface area contributed by atoms with Gasteiger partial charge in [0.05, 0.1) is 18.8 Å². The van der Waals surface area contributed by atoms with E-state index >= 15 is 0 Å². The van der Waals surface area contributed by atoms with E-state index < -0.39 is 0 Å². The molecule has 1 amide bonds. The summed E-state index contributed by atoms with van der Waals surface area (Å²) in [4.78, 5) is 16.2. The van der Waals surface area contributed by atoms with E-state index in [1.807, 2.05) is 41.3 Å². The number of anilines is 1. The number of hydrogen-bond donors (Lipinski definition) is 1. The van der Waals surface area contributed by atoms with Gasteiger partial charge in [-0.15, -0.1) is 0 Å². The van der Waals surface area contributed by atoms with Crippen LogP contribution in [0.25, 0.3) is 0 Å². The molecule has 1 heterocycles. The Hall–Kier alpha value is -2.60. The van der Waals surface area contributed by atoms with Gasteiger partial charge in [-0.3, -0.25) is 9.69 Å². The van der Waals surface area contributed by atoms with Crippen LogP contribution in [0, 0.1) is 5.82 Å². The number of para-hydroxylation sites is 2. The van der Waals surface area contributed by atoms with Gasteiger partial charge in [0, 0.05) is 26.2 Å². The molecule has 0 spiro atoms. The van der Waals surface area contributed by atoms with Crippen LogP contribution in [0.5, 0.6) is 5.75 Å². The predicted molar refractivity (Wildman–Crippen MR) is 100.0 cm³/mol. The number of carbonyl (C=O) groups excluding carboxylic acids is 1. The number of ether oxygens (including phenoxy) is 1. The van der Waals surface area contributed by atoms with Gasteiger partial charge in [0.2, 0.25) is 5.91 Å². The summed E-state index contributed by atoms with van der Waals surface area (Å²) >= 11 is 0. The highest BCUT2D eigenvalue weighted by atomic mass is 19.1. The summed E-state index contributed by atoms with van der Waals surface area (Å²) < 4.78 is 19.4. The molecule has 0 atom stereocenters. The Morgan fingerprint density at radius 3 is 2.42 bits per heavy atom. The molecule has 1 saturated heterocycles. The lowest BCUT2D eigenvalue weighted by Crippen LogP contribution is -2.50. The molecule has 5 nitrogen and oxygen atoms in total. The van der Waals surface area contributed by atoms with Gasteiger partial charge in [-0.25, -0.2) is 4.39 Å². The molecule has 0 unspecified atom stereocenters. The number of nitrogens with zero attached hydrogens (tertiary/aromatic N) is 2. The fourth-order valence-corrected chi connectivity index (χ4v) is 2.99. The van der Waals surface area contributed by atoms with Crippen molar-refractivity contribution in [2.24, 2.45) is 0 Å². The zero-order valence-electron chi connectivity index (χ0n) is 14.7. The maximum absolute atomic E-state index is 13.8. The Morgan fingerprint density at radius 2 is 1.69 bits per heavy atom. The molecule has 3 rings (SSSR count). The van der Waals surface area contributed by atoms with Gasteiger partial charge in [0.25, 0.3) is 0 Å². The fraction of sp³-hybridized carbons (Fsp3) is 0.350. The molecule has 138 valence electrons. The Labute approximate surface area is 153 Å². The minimum atomic E-state index is -0.197. The van der Waals surface area contributed by atoms with Crippen LogP contribution < -0.4 is 15.0 Å². The third-order valence-corrected chi connectivity index (χ3v) is 4.37. The average molecular weight is 357 g/mol. The minimum Gasteiger partial charge on any atom is -0.492 e. The third-order valence-electron chi connectivity index (χ3n) is 4.37. The van der Waals surface area contributed by atoms with Crippen molar-refractivity contribution in [3.05, 3.63) is 60.4 Å². The van der Waals surface area contributed by atoms with E-state index in [0.717, 1.165) is 18.8 Å². The van der Waals surface area contributed by atoms with Crippen molar-refractivity contribution in [3.63, 3.8) is 0 Å². The molecule has 26 heavy (non-hydrogen) atoms. The molecular weight excluding hydrogens is 333 g/mol. The summed E-state index contributed by atoms with van der Waals surface area (Å²) in [5.41, 5.74) is 0.634. The van der Waals surface area contributed by atoms with Crippen molar-refractivity contribution in [1.29, 1.82) is 0 Å². The molecule has 0 bridgehead atoms. The van der Waals surface area contributed by atoms with Crippen molar-refractivity contribution in [1.82, 2.24) is 10.2 Å². The Balaban J connectivity index is 1.34. The second-order valence-electron chi connectivity index (χ2n) is 6.23. The Morgan fingerprint density at radius 1 is 1.00 bits per heavy atom. The molecule has 1 N–H and O–H groups in total. The first-order valence-corrected chi connectivity index (χ1v) is 8.89. The SMILES string of the molecule is O=C(CN1CCN(c2ccccc2F)CC1)NCCOc1ccccc1. The maximum Gasteiger partial charge on any atom is 0.234 e. The van der Waals surface area contributed by atoms with Crippen LogP contribution >= 0.6 is 0 Å². The number of benzene rings is 2. The van der Waals surface area contributed by atoms with Crippen molar-refractivity contribution < 1.29 is 13.9 Å². The highest BCUT2D eigenvalue weighted by Crippen LogP contribution is 2.19. The van der Waals surface area contributed by atoms with E-state index in [4.69, 9.17) is 4.74 Å². The van der Waals surface area contributed by atoms with E-state index in [1.165, 1.54) is 6.07 Å². The standard InChI is InChI=1S/C20H24FN3O2/c21-18-8-4-5-9-19(18)24-13-11-23(12-14-24)16-20(25)22-10-15-26-17-6-2-1-3-7-17/h1-9H,10-16H2,(H,22,25). The zero-order valence-corrected chi connectivity index (χ0v) is 14.7. The van der Waals surface area contributed by atoms with Crippen LogP contribution in [-0.2, 0) is 4.79 Å². The molecule has 2 aromatic rings. The van der Waals surface area contributed by atoms with Crippen molar-refractivity contribution >= 4 is 11.6 Å². The lowest BCUT2D eigenvalue weighted by Gasteiger charge is -2.35. The number of nitrogens with one attached hydrogen (secondary N) is 1. The molecule has 0 radical (unpaired) electrons. The molecular formula is C20H24FN3O2. The second kappa shape index (κ2) is 9.20. The highest BCUT2D eigenvalue weighted by molar-refractivity contribution is 5.78. The number of amides is 1. The van der Waals surface area contributed by atoms with Gasteiger partial charge >= 0.3 is 0 Å². The summed E-state index contributed by atoms with van der Waals surface area (Å²) in [5.74, 6) is 0.587. The number of carbonyl (C=O) groups is 1. The molecule has 1 aliphatic rings. The number of piperazine rings is 1. The maximum atomic E-state index is 13.8. The number of rotatable bonds is 7. The van der Waals surface area contributed by atoms with Crippen LogP contribution in [0.2, 0.25) is 0 Å². The summed E-state index contributed by atoms with van der Waals surface area (Å²) in [6.45, 7) is 4.18. The molecule has 2 aromatic carbocycles. The van der Waals surface area contributed by atoms with Crippen molar-refractivity contribution in [2.45, 2.75) is 0 Å².